The molecule has 2 aliphatic heterocycles. The highest BCUT2D eigenvalue weighted by Crippen LogP contribution is 2.35. The number of rotatable bonds is 4. The van der Waals surface area contributed by atoms with Crippen molar-refractivity contribution in [2.24, 2.45) is 0 Å². The molecule has 6 heteroatoms. The highest BCUT2D eigenvalue weighted by atomic mass is 19.3. The van der Waals surface area contributed by atoms with Gasteiger partial charge in [-0.1, -0.05) is 30.3 Å². The lowest BCUT2D eigenvalue weighted by atomic mass is 10.0. The molecule has 0 N–H and O–H groups in total. The Balaban J connectivity index is 1.50. The van der Waals surface area contributed by atoms with Gasteiger partial charge in [0.25, 0.3) is 5.92 Å². The first-order valence-electron chi connectivity index (χ1n) is 9.66. The first-order valence-corrected chi connectivity index (χ1v) is 9.66. The van der Waals surface area contributed by atoms with Crippen molar-refractivity contribution in [2.75, 3.05) is 24.5 Å². The lowest BCUT2D eigenvalue weighted by molar-refractivity contribution is -0.132. The molecule has 0 aromatic heterocycles. The van der Waals surface area contributed by atoms with E-state index < -0.39 is 18.5 Å². The molecule has 1 saturated heterocycles. The summed E-state index contributed by atoms with van der Waals surface area (Å²) in [6.07, 6.45) is 1.65. The predicted molar refractivity (Wildman–Crippen MR) is 102 cm³/mol. The van der Waals surface area contributed by atoms with Crippen LogP contribution in [0.1, 0.15) is 24.0 Å². The van der Waals surface area contributed by atoms with E-state index in [1.165, 1.54) is 34.7 Å². The van der Waals surface area contributed by atoms with Gasteiger partial charge in [-0.2, -0.15) is 0 Å². The molecule has 28 heavy (non-hydrogen) atoms. The maximum atomic E-state index is 14.2. The van der Waals surface area contributed by atoms with E-state index >= 15 is 0 Å². The van der Waals surface area contributed by atoms with Gasteiger partial charge in [0.1, 0.15) is 5.82 Å². The van der Waals surface area contributed by atoms with Crippen LogP contribution >= 0.6 is 0 Å². The van der Waals surface area contributed by atoms with Crippen molar-refractivity contribution in [2.45, 2.75) is 37.6 Å². The first kappa shape index (κ1) is 18.8. The average Bonchev–Trinajstić information content (AvgIpc) is 2.98. The molecular formula is C22H23F3N2O. The summed E-state index contributed by atoms with van der Waals surface area (Å²) < 4.78 is 41.4. The van der Waals surface area contributed by atoms with E-state index in [-0.39, 0.29) is 24.6 Å². The van der Waals surface area contributed by atoms with Crippen molar-refractivity contribution in [3.8, 4) is 0 Å². The third-order valence-corrected chi connectivity index (χ3v) is 5.60. The summed E-state index contributed by atoms with van der Waals surface area (Å²) in [6.45, 7) is 0.661. The van der Waals surface area contributed by atoms with Gasteiger partial charge >= 0.3 is 0 Å². The van der Waals surface area contributed by atoms with Gasteiger partial charge in [-0.3, -0.25) is 4.79 Å². The highest BCUT2D eigenvalue weighted by Gasteiger charge is 2.47. The second-order valence-electron chi connectivity index (χ2n) is 7.72. The van der Waals surface area contributed by atoms with Gasteiger partial charge in [0.05, 0.1) is 19.0 Å². The van der Waals surface area contributed by atoms with Crippen molar-refractivity contribution in [3.63, 3.8) is 0 Å². The molecular weight excluding hydrogens is 365 g/mol. The van der Waals surface area contributed by atoms with Crippen LogP contribution in [0.2, 0.25) is 0 Å². The Morgan fingerprint density at radius 3 is 2.64 bits per heavy atom. The highest BCUT2D eigenvalue weighted by molar-refractivity contribution is 5.79. The number of anilines is 1. The van der Waals surface area contributed by atoms with E-state index in [9.17, 15) is 18.0 Å². The minimum Gasteiger partial charge on any atom is -0.369 e. The first-order chi connectivity index (χ1) is 13.4. The van der Waals surface area contributed by atoms with Crippen molar-refractivity contribution in [1.82, 2.24) is 4.90 Å². The number of aryl methyl sites for hydroxylation is 1. The Hall–Kier alpha value is -2.50. The van der Waals surface area contributed by atoms with Crippen LogP contribution in [-0.4, -0.2) is 42.4 Å². The molecule has 2 aliphatic rings. The summed E-state index contributed by atoms with van der Waals surface area (Å²) in [7, 11) is 0. The van der Waals surface area contributed by atoms with E-state index in [1.54, 1.807) is 0 Å². The molecule has 2 heterocycles. The zero-order chi connectivity index (χ0) is 19.7. The zero-order valence-electron chi connectivity index (χ0n) is 15.6. The number of hydrogen-bond acceptors (Lipinski definition) is 2. The smallest absolute Gasteiger partial charge is 0.267 e. The van der Waals surface area contributed by atoms with Crippen molar-refractivity contribution in [1.29, 1.82) is 0 Å². The Bertz CT molecular complexity index is 853. The predicted octanol–water partition coefficient (Wildman–Crippen LogP) is 4.06. The standard InChI is InChI=1S/C22H23F3N2O/c23-18-9-7-16(8-10-18)12-21(28)27-15-22(24,25)13-19(27)14-26-11-3-5-17-4-1-2-6-20(17)26/h1-2,4,6-10,19H,3,5,11-15H2/t19-/m0/s1. The largest absolute Gasteiger partial charge is 0.369 e. The van der Waals surface area contributed by atoms with Gasteiger partial charge in [0.2, 0.25) is 5.91 Å². The molecule has 0 unspecified atom stereocenters. The zero-order valence-corrected chi connectivity index (χ0v) is 15.6. The third-order valence-electron chi connectivity index (χ3n) is 5.60. The normalized spacial score (nSPS) is 20.9. The van der Waals surface area contributed by atoms with Gasteiger partial charge in [0, 0.05) is 25.2 Å². The maximum absolute atomic E-state index is 14.2. The van der Waals surface area contributed by atoms with Gasteiger partial charge in [-0.15, -0.1) is 0 Å². The second-order valence-corrected chi connectivity index (χ2v) is 7.72. The Morgan fingerprint density at radius 2 is 1.86 bits per heavy atom. The number of carbonyl (C=O) groups is 1. The van der Waals surface area contributed by atoms with Gasteiger partial charge < -0.3 is 9.80 Å². The van der Waals surface area contributed by atoms with Crippen LogP contribution < -0.4 is 4.90 Å². The molecule has 3 nitrogen and oxygen atoms in total. The van der Waals surface area contributed by atoms with E-state index in [4.69, 9.17) is 0 Å². The van der Waals surface area contributed by atoms with E-state index in [2.05, 4.69) is 11.0 Å². The molecule has 0 spiro atoms. The molecule has 0 aliphatic carbocycles. The summed E-state index contributed by atoms with van der Waals surface area (Å²) in [5.74, 6) is -3.59. The number of para-hydroxylation sites is 1. The molecule has 0 radical (unpaired) electrons. The molecule has 4 rings (SSSR count). The van der Waals surface area contributed by atoms with E-state index in [1.807, 2.05) is 18.2 Å². The fourth-order valence-electron chi connectivity index (χ4n) is 4.29. The lowest BCUT2D eigenvalue weighted by Crippen LogP contribution is -2.45. The number of nitrogens with zero attached hydrogens (tertiary/aromatic N) is 2. The van der Waals surface area contributed by atoms with Crippen LogP contribution in [0.5, 0.6) is 0 Å². The van der Waals surface area contributed by atoms with E-state index in [0.29, 0.717) is 12.1 Å². The molecule has 0 saturated carbocycles. The molecule has 2 aromatic carbocycles. The number of carbonyl (C=O) groups excluding carboxylic acids is 1. The molecule has 2 aromatic rings. The molecule has 0 bridgehead atoms. The van der Waals surface area contributed by atoms with Gasteiger partial charge in [0.15, 0.2) is 0 Å². The monoisotopic (exact) mass is 388 g/mol. The van der Waals surface area contributed by atoms with Crippen LogP contribution in [0.15, 0.2) is 48.5 Å². The lowest BCUT2D eigenvalue weighted by Gasteiger charge is -2.35. The Kier molecular flexibility index (Phi) is 5.04. The molecule has 148 valence electrons. The number of hydrogen-bond donors (Lipinski definition) is 0. The van der Waals surface area contributed by atoms with Crippen LogP contribution in [0.3, 0.4) is 0 Å². The molecule has 1 amide bonds. The fourth-order valence-corrected chi connectivity index (χ4v) is 4.29. The summed E-state index contributed by atoms with van der Waals surface area (Å²) in [6, 6.07) is 13.1. The van der Waals surface area contributed by atoms with Crippen molar-refractivity contribution < 1.29 is 18.0 Å². The minimum absolute atomic E-state index is 0.00342. The summed E-state index contributed by atoms with van der Waals surface area (Å²) in [5, 5.41) is 0. The fraction of sp³-hybridized carbons (Fsp3) is 0.409. The molecule has 1 fully saturated rings. The SMILES string of the molecule is O=C(Cc1ccc(F)cc1)N1CC(F)(F)C[C@H]1CN1CCCc2ccccc21. The number of amides is 1. The van der Waals surface area contributed by atoms with Gasteiger partial charge in [-0.25, -0.2) is 13.2 Å². The Labute approximate surface area is 162 Å². The number of fused-ring (bicyclic) bond motifs is 1. The second kappa shape index (κ2) is 7.49. The number of halogens is 3. The summed E-state index contributed by atoms with van der Waals surface area (Å²) >= 11 is 0. The van der Waals surface area contributed by atoms with Gasteiger partial charge in [-0.05, 0) is 42.2 Å². The summed E-state index contributed by atoms with van der Waals surface area (Å²) in [5.41, 5.74) is 2.93. The van der Waals surface area contributed by atoms with Crippen LogP contribution in [0, 0.1) is 5.82 Å². The van der Waals surface area contributed by atoms with Crippen LogP contribution in [0.25, 0.3) is 0 Å². The van der Waals surface area contributed by atoms with E-state index in [0.717, 1.165) is 25.1 Å². The van der Waals surface area contributed by atoms with Crippen molar-refractivity contribution in [3.05, 3.63) is 65.5 Å². The maximum Gasteiger partial charge on any atom is 0.267 e. The molecule has 1 atom stereocenters. The van der Waals surface area contributed by atoms with Crippen LogP contribution in [0.4, 0.5) is 18.9 Å². The number of benzene rings is 2. The minimum atomic E-state index is -2.88. The summed E-state index contributed by atoms with van der Waals surface area (Å²) in [4.78, 5) is 16.2. The number of likely N-dealkylation sites (tertiary alicyclic amines) is 1. The topological polar surface area (TPSA) is 23.6 Å². The third kappa shape index (κ3) is 4.01. The van der Waals surface area contributed by atoms with Crippen molar-refractivity contribution >= 4 is 11.6 Å². The quantitative estimate of drug-likeness (QED) is 0.789. The average molecular weight is 388 g/mol. The van der Waals surface area contributed by atoms with Crippen LogP contribution in [-0.2, 0) is 17.6 Å². The number of alkyl halides is 2. The Morgan fingerprint density at radius 1 is 1.11 bits per heavy atom.